The van der Waals surface area contributed by atoms with Crippen LogP contribution in [0.2, 0.25) is 5.02 Å². The van der Waals surface area contributed by atoms with Crippen molar-refractivity contribution in [2.24, 2.45) is 0 Å². The van der Waals surface area contributed by atoms with Crippen LogP contribution in [0.15, 0.2) is 18.2 Å². The van der Waals surface area contributed by atoms with Crippen molar-refractivity contribution in [2.45, 2.75) is 25.8 Å². The number of likely N-dealkylation sites (tertiary alicyclic amines) is 1. The van der Waals surface area contributed by atoms with Gasteiger partial charge in [-0.2, -0.15) is 5.26 Å². The highest BCUT2D eigenvalue weighted by molar-refractivity contribution is 6.32. The van der Waals surface area contributed by atoms with E-state index in [1.54, 1.807) is 6.07 Å². The predicted molar refractivity (Wildman–Crippen MR) is 74.9 cm³/mol. The van der Waals surface area contributed by atoms with Gasteiger partial charge in [0.2, 0.25) is 0 Å². The smallest absolute Gasteiger partial charge is 0.103 e. The van der Waals surface area contributed by atoms with Crippen LogP contribution in [0.1, 0.15) is 25.3 Å². The zero-order valence-corrected chi connectivity index (χ0v) is 11.4. The SMILES string of the molecule is CCN1CCCC(Nc2cccc(Cl)c2C#N)C1. The van der Waals surface area contributed by atoms with Gasteiger partial charge in [-0.05, 0) is 38.1 Å². The number of halogens is 1. The Labute approximate surface area is 113 Å². The minimum atomic E-state index is 0.407. The predicted octanol–water partition coefficient (Wildman–Crippen LogP) is 3.11. The van der Waals surface area contributed by atoms with E-state index >= 15 is 0 Å². The molecule has 0 aliphatic carbocycles. The van der Waals surface area contributed by atoms with Crippen molar-refractivity contribution < 1.29 is 0 Å². The molecule has 0 radical (unpaired) electrons. The Morgan fingerprint density at radius 3 is 3.11 bits per heavy atom. The maximum Gasteiger partial charge on any atom is 0.103 e. The van der Waals surface area contributed by atoms with E-state index in [4.69, 9.17) is 16.9 Å². The molecule has 1 aromatic rings. The Balaban J connectivity index is 2.10. The fourth-order valence-corrected chi connectivity index (χ4v) is 2.66. The first kappa shape index (κ1) is 13.2. The number of rotatable bonds is 3. The first-order valence-electron chi connectivity index (χ1n) is 6.42. The van der Waals surface area contributed by atoms with Crippen LogP contribution in [0.25, 0.3) is 0 Å². The molecule has 18 heavy (non-hydrogen) atoms. The molecular formula is C14H18ClN3. The maximum atomic E-state index is 9.14. The fourth-order valence-electron chi connectivity index (χ4n) is 2.44. The Morgan fingerprint density at radius 1 is 1.56 bits per heavy atom. The van der Waals surface area contributed by atoms with E-state index < -0.39 is 0 Å². The molecule has 1 aromatic carbocycles. The quantitative estimate of drug-likeness (QED) is 0.911. The molecular weight excluding hydrogens is 246 g/mol. The summed E-state index contributed by atoms with van der Waals surface area (Å²) in [4.78, 5) is 2.43. The van der Waals surface area contributed by atoms with Gasteiger partial charge in [0.05, 0.1) is 16.3 Å². The van der Waals surface area contributed by atoms with E-state index in [0.29, 0.717) is 16.6 Å². The van der Waals surface area contributed by atoms with Gasteiger partial charge in [0.1, 0.15) is 6.07 Å². The second-order valence-corrected chi connectivity index (χ2v) is 5.06. The molecule has 0 amide bonds. The lowest BCUT2D eigenvalue weighted by Gasteiger charge is -2.33. The third-order valence-corrected chi connectivity index (χ3v) is 3.75. The number of nitriles is 1. The Kier molecular flexibility index (Phi) is 4.46. The second-order valence-electron chi connectivity index (χ2n) is 4.65. The largest absolute Gasteiger partial charge is 0.380 e. The molecule has 1 aliphatic rings. The van der Waals surface area contributed by atoms with E-state index in [0.717, 1.165) is 25.2 Å². The van der Waals surface area contributed by atoms with Crippen LogP contribution in [-0.4, -0.2) is 30.6 Å². The van der Waals surface area contributed by atoms with E-state index in [2.05, 4.69) is 23.2 Å². The summed E-state index contributed by atoms with van der Waals surface area (Å²) in [5.41, 5.74) is 1.40. The second kappa shape index (κ2) is 6.08. The lowest BCUT2D eigenvalue weighted by molar-refractivity contribution is 0.227. The molecule has 96 valence electrons. The summed E-state index contributed by atoms with van der Waals surface area (Å²) >= 11 is 6.03. The highest BCUT2D eigenvalue weighted by atomic mass is 35.5. The Hall–Kier alpha value is -1.24. The van der Waals surface area contributed by atoms with Crippen molar-refractivity contribution in [3.05, 3.63) is 28.8 Å². The number of piperidine rings is 1. The van der Waals surface area contributed by atoms with Crippen molar-refractivity contribution >= 4 is 17.3 Å². The van der Waals surface area contributed by atoms with Crippen LogP contribution < -0.4 is 5.32 Å². The molecule has 1 atom stereocenters. The molecule has 1 fully saturated rings. The molecule has 1 saturated heterocycles. The van der Waals surface area contributed by atoms with Crippen molar-refractivity contribution in [1.82, 2.24) is 4.90 Å². The molecule has 0 bridgehead atoms. The van der Waals surface area contributed by atoms with Crippen LogP contribution >= 0.6 is 11.6 Å². The monoisotopic (exact) mass is 263 g/mol. The molecule has 4 heteroatoms. The van der Waals surface area contributed by atoms with Gasteiger partial charge in [0, 0.05) is 12.6 Å². The molecule has 1 aliphatic heterocycles. The molecule has 3 nitrogen and oxygen atoms in total. The van der Waals surface area contributed by atoms with Gasteiger partial charge >= 0.3 is 0 Å². The first-order chi connectivity index (χ1) is 8.74. The molecule has 1 heterocycles. The van der Waals surface area contributed by atoms with Crippen LogP contribution in [0.5, 0.6) is 0 Å². The van der Waals surface area contributed by atoms with Crippen LogP contribution in [-0.2, 0) is 0 Å². The average Bonchev–Trinajstić information content (AvgIpc) is 2.39. The summed E-state index contributed by atoms with van der Waals surface area (Å²) in [6.07, 6.45) is 2.35. The molecule has 0 aromatic heterocycles. The Morgan fingerprint density at radius 2 is 2.39 bits per heavy atom. The van der Waals surface area contributed by atoms with Crippen molar-refractivity contribution in [3.63, 3.8) is 0 Å². The summed E-state index contributed by atoms with van der Waals surface area (Å²) in [6.45, 7) is 5.48. The average molecular weight is 264 g/mol. The fraction of sp³-hybridized carbons (Fsp3) is 0.500. The summed E-state index contributed by atoms with van der Waals surface area (Å²) in [5.74, 6) is 0. The zero-order valence-electron chi connectivity index (χ0n) is 10.6. The summed E-state index contributed by atoms with van der Waals surface area (Å²) in [6, 6.07) is 8.14. The number of nitrogens with one attached hydrogen (secondary N) is 1. The van der Waals surface area contributed by atoms with E-state index in [1.165, 1.54) is 13.0 Å². The van der Waals surface area contributed by atoms with Crippen LogP contribution in [0, 0.1) is 11.3 Å². The number of likely N-dealkylation sites (N-methyl/N-ethyl adjacent to an activating group) is 1. The molecule has 1 unspecified atom stereocenters. The number of anilines is 1. The van der Waals surface area contributed by atoms with Gasteiger partial charge in [-0.3, -0.25) is 0 Å². The lowest BCUT2D eigenvalue weighted by Crippen LogP contribution is -2.41. The van der Waals surface area contributed by atoms with Crippen molar-refractivity contribution in [2.75, 3.05) is 25.0 Å². The van der Waals surface area contributed by atoms with Gasteiger partial charge in [-0.15, -0.1) is 0 Å². The Bertz CT molecular complexity index is 453. The maximum absolute atomic E-state index is 9.14. The first-order valence-corrected chi connectivity index (χ1v) is 6.80. The van der Waals surface area contributed by atoms with Gasteiger partial charge in [-0.1, -0.05) is 24.6 Å². The summed E-state index contributed by atoms with van der Waals surface area (Å²) in [5, 5.41) is 13.1. The molecule has 0 saturated carbocycles. The van der Waals surface area contributed by atoms with Gasteiger partial charge in [-0.25, -0.2) is 0 Å². The molecule has 0 spiro atoms. The lowest BCUT2D eigenvalue weighted by atomic mass is 10.0. The normalized spacial score (nSPS) is 20.4. The topological polar surface area (TPSA) is 39.1 Å². The minimum absolute atomic E-state index is 0.407. The number of nitrogens with zero attached hydrogens (tertiary/aromatic N) is 2. The third-order valence-electron chi connectivity index (χ3n) is 3.44. The van der Waals surface area contributed by atoms with Gasteiger partial charge < -0.3 is 10.2 Å². The van der Waals surface area contributed by atoms with Crippen molar-refractivity contribution in [1.29, 1.82) is 5.26 Å². The van der Waals surface area contributed by atoms with E-state index in [1.807, 2.05) is 12.1 Å². The van der Waals surface area contributed by atoms with Crippen LogP contribution in [0.3, 0.4) is 0 Å². The van der Waals surface area contributed by atoms with Crippen molar-refractivity contribution in [3.8, 4) is 6.07 Å². The number of hydrogen-bond donors (Lipinski definition) is 1. The van der Waals surface area contributed by atoms with Crippen LogP contribution in [0.4, 0.5) is 5.69 Å². The summed E-state index contributed by atoms with van der Waals surface area (Å²) < 4.78 is 0. The highest BCUT2D eigenvalue weighted by Crippen LogP contribution is 2.25. The van der Waals surface area contributed by atoms with E-state index in [-0.39, 0.29) is 0 Å². The minimum Gasteiger partial charge on any atom is -0.380 e. The molecule has 2 rings (SSSR count). The molecule has 1 N–H and O–H groups in total. The highest BCUT2D eigenvalue weighted by Gasteiger charge is 2.19. The van der Waals surface area contributed by atoms with E-state index in [9.17, 15) is 0 Å². The number of benzene rings is 1. The number of hydrogen-bond acceptors (Lipinski definition) is 3. The zero-order chi connectivity index (χ0) is 13.0. The summed E-state index contributed by atoms with van der Waals surface area (Å²) in [7, 11) is 0. The standard InChI is InChI=1S/C14H18ClN3/c1-2-18-8-4-5-11(10-18)17-14-7-3-6-13(15)12(14)9-16/h3,6-7,11,17H,2,4-5,8,10H2,1H3. The third kappa shape index (κ3) is 2.95. The van der Waals surface area contributed by atoms with Gasteiger partial charge in [0.25, 0.3) is 0 Å². The van der Waals surface area contributed by atoms with Gasteiger partial charge in [0.15, 0.2) is 0 Å².